The smallest absolute Gasteiger partial charge is 0.279 e. The summed E-state index contributed by atoms with van der Waals surface area (Å²) in [6.45, 7) is 3.14. The molecule has 1 fully saturated rings. The molecule has 1 saturated heterocycles. The van der Waals surface area contributed by atoms with Gasteiger partial charge in [0.2, 0.25) is 0 Å². The van der Waals surface area contributed by atoms with E-state index in [0.717, 1.165) is 19.3 Å². The predicted molar refractivity (Wildman–Crippen MR) is 69.5 cm³/mol. The maximum Gasteiger partial charge on any atom is 0.279 e. The van der Waals surface area contributed by atoms with Crippen molar-refractivity contribution in [1.29, 1.82) is 0 Å². The van der Waals surface area contributed by atoms with Crippen LogP contribution in [0.15, 0.2) is 0 Å². The largest absolute Gasteiger partial charge is 0.389 e. The van der Waals surface area contributed by atoms with Crippen molar-refractivity contribution in [2.24, 2.45) is 0 Å². The lowest BCUT2D eigenvalue weighted by Gasteiger charge is -2.29. The van der Waals surface area contributed by atoms with Gasteiger partial charge in [0.15, 0.2) is 0 Å². The third-order valence-corrected chi connectivity index (χ3v) is 4.69. The van der Waals surface area contributed by atoms with Gasteiger partial charge in [0.25, 0.3) is 10.2 Å². The molecule has 0 aromatic heterocycles. The number of aliphatic hydroxyl groups is 1. The highest BCUT2D eigenvalue weighted by Gasteiger charge is 2.27. The van der Waals surface area contributed by atoms with Crippen LogP contribution in [0.2, 0.25) is 0 Å². The lowest BCUT2D eigenvalue weighted by Crippen LogP contribution is -2.48. The maximum atomic E-state index is 12.0. The van der Waals surface area contributed by atoms with Crippen LogP contribution < -0.4 is 4.72 Å². The van der Waals surface area contributed by atoms with Crippen molar-refractivity contribution in [1.82, 2.24) is 9.03 Å². The molecule has 108 valence electrons. The van der Waals surface area contributed by atoms with Gasteiger partial charge in [0.1, 0.15) is 0 Å². The Morgan fingerprint density at radius 1 is 1.33 bits per heavy atom. The number of nitrogens with one attached hydrogen (secondary N) is 1. The molecule has 0 aromatic rings. The molecule has 1 aliphatic heterocycles. The van der Waals surface area contributed by atoms with Crippen molar-refractivity contribution in [3.05, 3.63) is 0 Å². The molecule has 0 spiro atoms. The quantitative estimate of drug-likeness (QED) is 0.693. The topological polar surface area (TPSA) is 78.9 Å². The van der Waals surface area contributed by atoms with Crippen LogP contribution in [0.1, 0.15) is 32.6 Å². The average molecular weight is 280 g/mol. The second kappa shape index (κ2) is 6.81. The van der Waals surface area contributed by atoms with Crippen LogP contribution in [0.4, 0.5) is 0 Å². The highest BCUT2D eigenvalue weighted by atomic mass is 32.2. The molecule has 1 aliphatic rings. The summed E-state index contributed by atoms with van der Waals surface area (Å²) >= 11 is 0. The van der Waals surface area contributed by atoms with Crippen LogP contribution in [-0.4, -0.2) is 56.8 Å². The number of nitrogens with zero attached hydrogens (tertiary/aromatic N) is 1. The summed E-state index contributed by atoms with van der Waals surface area (Å²) in [5.74, 6) is 0. The summed E-state index contributed by atoms with van der Waals surface area (Å²) in [6, 6.07) is 0. The van der Waals surface area contributed by atoms with Gasteiger partial charge in [0, 0.05) is 39.8 Å². The number of hydrogen-bond acceptors (Lipinski definition) is 4. The van der Waals surface area contributed by atoms with Crippen LogP contribution in [-0.2, 0) is 14.9 Å². The molecule has 0 saturated carbocycles. The van der Waals surface area contributed by atoms with E-state index in [1.807, 2.05) is 0 Å². The van der Waals surface area contributed by atoms with Gasteiger partial charge in [-0.3, -0.25) is 0 Å². The first-order valence-corrected chi connectivity index (χ1v) is 7.77. The fourth-order valence-electron chi connectivity index (χ4n) is 1.85. The van der Waals surface area contributed by atoms with Crippen molar-refractivity contribution in [2.75, 3.05) is 33.4 Å². The van der Waals surface area contributed by atoms with Crippen LogP contribution in [0.25, 0.3) is 0 Å². The van der Waals surface area contributed by atoms with Crippen LogP contribution in [0, 0.1) is 0 Å². The van der Waals surface area contributed by atoms with Crippen molar-refractivity contribution in [2.45, 2.75) is 38.2 Å². The van der Waals surface area contributed by atoms with Crippen LogP contribution in [0.3, 0.4) is 0 Å². The molecule has 1 rings (SSSR count). The Morgan fingerprint density at radius 3 is 2.50 bits per heavy atom. The highest BCUT2D eigenvalue weighted by Crippen LogP contribution is 2.13. The maximum absolute atomic E-state index is 12.0. The second-order valence-electron chi connectivity index (χ2n) is 5.03. The van der Waals surface area contributed by atoms with E-state index in [1.165, 1.54) is 4.31 Å². The zero-order chi connectivity index (χ0) is 13.6. The molecule has 18 heavy (non-hydrogen) atoms. The molecule has 1 atom stereocenters. The number of methoxy groups -OCH3 is 1. The zero-order valence-corrected chi connectivity index (χ0v) is 12.0. The number of rotatable bonds is 7. The molecule has 0 radical (unpaired) electrons. The van der Waals surface area contributed by atoms with Crippen molar-refractivity contribution < 1.29 is 18.3 Å². The van der Waals surface area contributed by atoms with E-state index < -0.39 is 15.8 Å². The third kappa shape index (κ3) is 5.19. The molecule has 0 aliphatic carbocycles. The fraction of sp³-hybridized carbons (Fsp3) is 1.00. The molecular weight excluding hydrogens is 256 g/mol. The number of hydrogen-bond donors (Lipinski definition) is 2. The minimum Gasteiger partial charge on any atom is -0.389 e. The summed E-state index contributed by atoms with van der Waals surface area (Å²) in [4.78, 5) is 0. The van der Waals surface area contributed by atoms with Crippen molar-refractivity contribution in [3.8, 4) is 0 Å². The molecular formula is C11H24N2O4S. The van der Waals surface area contributed by atoms with E-state index in [1.54, 1.807) is 14.0 Å². The Kier molecular flexibility index (Phi) is 6.00. The zero-order valence-electron chi connectivity index (χ0n) is 11.2. The standard InChI is InChI=1S/C11H24N2O4S/c1-11(14,6-9-17-2)10-12-18(15,16)13-7-4-3-5-8-13/h12,14H,3-10H2,1-2H3. The molecule has 0 amide bonds. The Morgan fingerprint density at radius 2 is 1.94 bits per heavy atom. The average Bonchev–Trinajstić information content (AvgIpc) is 2.36. The lowest BCUT2D eigenvalue weighted by molar-refractivity contribution is 0.0288. The molecule has 6 nitrogen and oxygen atoms in total. The predicted octanol–water partition coefficient (Wildman–Crippen LogP) is 0.0942. The van der Waals surface area contributed by atoms with E-state index in [0.29, 0.717) is 26.1 Å². The van der Waals surface area contributed by atoms with E-state index in [4.69, 9.17) is 4.74 Å². The minimum atomic E-state index is -3.46. The van der Waals surface area contributed by atoms with E-state index in [9.17, 15) is 13.5 Å². The fourth-order valence-corrected chi connectivity index (χ4v) is 3.27. The van der Waals surface area contributed by atoms with Gasteiger partial charge in [-0.05, 0) is 19.8 Å². The minimum absolute atomic E-state index is 0.00912. The highest BCUT2D eigenvalue weighted by molar-refractivity contribution is 7.87. The van der Waals surface area contributed by atoms with E-state index in [-0.39, 0.29) is 6.54 Å². The van der Waals surface area contributed by atoms with E-state index >= 15 is 0 Å². The first-order chi connectivity index (χ1) is 8.37. The number of piperidine rings is 1. The summed E-state index contributed by atoms with van der Waals surface area (Å²) in [5, 5.41) is 9.98. The molecule has 7 heteroatoms. The van der Waals surface area contributed by atoms with Crippen molar-refractivity contribution in [3.63, 3.8) is 0 Å². The molecule has 1 unspecified atom stereocenters. The molecule has 0 bridgehead atoms. The SMILES string of the molecule is COCCC(C)(O)CNS(=O)(=O)N1CCCCC1. The van der Waals surface area contributed by atoms with Gasteiger partial charge >= 0.3 is 0 Å². The Bertz CT molecular complexity index is 337. The van der Waals surface area contributed by atoms with Gasteiger partial charge < -0.3 is 9.84 Å². The van der Waals surface area contributed by atoms with Gasteiger partial charge in [-0.2, -0.15) is 17.4 Å². The second-order valence-corrected chi connectivity index (χ2v) is 6.78. The van der Waals surface area contributed by atoms with Crippen molar-refractivity contribution >= 4 is 10.2 Å². The van der Waals surface area contributed by atoms with Crippen LogP contribution >= 0.6 is 0 Å². The summed E-state index contributed by atoms with van der Waals surface area (Å²) in [6.07, 6.45) is 3.28. The first kappa shape index (κ1) is 15.8. The van der Waals surface area contributed by atoms with Gasteiger partial charge in [0.05, 0.1) is 5.60 Å². The van der Waals surface area contributed by atoms with Crippen LogP contribution in [0.5, 0.6) is 0 Å². The lowest BCUT2D eigenvalue weighted by atomic mass is 10.0. The van der Waals surface area contributed by atoms with E-state index in [2.05, 4.69) is 4.72 Å². The molecule has 2 N–H and O–H groups in total. The Hall–Kier alpha value is -0.210. The Balaban J connectivity index is 2.45. The summed E-state index contributed by atoms with van der Waals surface area (Å²) in [7, 11) is -1.91. The monoisotopic (exact) mass is 280 g/mol. The number of ether oxygens (including phenoxy) is 1. The van der Waals surface area contributed by atoms with Gasteiger partial charge in [-0.1, -0.05) is 6.42 Å². The normalized spacial score (nSPS) is 21.7. The Labute approximate surface area is 109 Å². The van der Waals surface area contributed by atoms with Gasteiger partial charge in [-0.15, -0.1) is 0 Å². The summed E-state index contributed by atoms with van der Waals surface area (Å²) < 4.78 is 32.8. The molecule has 0 aromatic carbocycles. The van der Waals surface area contributed by atoms with Gasteiger partial charge in [-0.25, -0.2) is 0 Å². The molecule has 1 heterocycles. The third-order valence-electron chi connectivity index (χ3n) is 3.14. The first-order valence-electron chi connectivity index (χ1n) is 6.33. The summed E-state index contributed by atoms with van der Waals surface area (Å²) in [5.41, 5.74) is -1.08.